The lowest BCUT2D eigenvalue weighted by Gasteiger charge is -2.13. The minimum atomic E-state index is -3.98. The van der Waals surface area contributed by atoms with E-state index in [2.05, 4.69) is 5.32 Å². The zero-order chi connectivity index (χ0) is 16.2. The minimum absolute atomic E-state index is 0.0294. The molecule has 21 heavy (non-hydrogen) atoms. The Balaban J connectivity index is 2.99. The van der Waals surface area contributed by atoms with E-state index in [1.807, 2.05) is 6.92 Å². The molecule has 0 fully saturated rings. The molecule has 0 aliphatic rings. The lowest BCUT2D eigenvalue weighted by atomic mass is 10.1. The predicted octanol–water partition coefficient (Wildman–Crippen LogP) is 1.31. The number of primary sulfonamides is 1. The molecule has 0 heterocycles. The quantitative estimate of drug-likeness (QED) is 0.819. The Morgan fingerprint density at radius 1 is 1.48 bits per heavy atom. The third kappa shape index (κ3) is 4.96. The molecule has 1 atom stereocenters. The number of benzene rings is 1. The highest BCUT2D eigenvalue weighted by atomic mass is 35.5. The van der Waals surface area contributed by atoms with Crippen LogP contribution >= 0.6 is 11.6 Å². The molecule has 1 aromatic carbocycles. The minimum Gasteiger partial charge on any atom is -0.384 e. The first-order valence-electron chi connectivity index (χ1n) is 6.27. The van der Waals surface area contributed by atoms with Crippen LogP contribution in [0.4, 0.5) is 0 Å². The van der Waals surface area contributed by atoms with Gasteiger partial charge in [0.25, 0.3) is 5.91 Å². The number of hydrogen-bond acceptors (Lipinski definition) is 4. The van der Waals surface area contributed by atoms with E-state index in [9.17, 15) is 13.2 Å². The number of methoxy groups -OCH3 is 1. The molecule has 3 N–H and O–H groups in total. The van der Waals surface area contributed by atoms with E-state index in [4.69, 9.17) is 21.5 Å². The molecule has 1 aromatic rings. The maximum absolute atomic E-state index is 12.1. The number of rotatable bonds is 6. The molecule has 0 aromatic heterocycles. The summed E-state index contributed by atoms with van der Waals surface area (Å²) < 4.78 is 27.9. The second-order valence-electron chi connectivity index (χ2n) is 4.92. The van der Waals surface area contributed by atoms with E-state index < -0.39 is 10.0 Å². The molecule has 6 nitrogen and oxygen atoms in total. The Bertz CT molecular complexity index is 631. The second kappa shape index (κ2) is 7.22. The standard InChI is InChI=1S/C13H19ClN2O4S/c1-8(7-20-3)6-16-13(17)10-4-9(2)12(14)11(5-10)21(15,18)19/h4-5,8H,6-7H2,1-3H3,(H,16,17)(H2,15,18,19). The number of aryl methyl sites for hydroxylation is 1. The van der Waals surface area contributed by atoms with Crippen LogP contribution in [0.3, 0.4) is 0 Å². The number of hydrogen-bond donors (Lipinski definition) is 2. The summed E-state index contributed by atoms with van der Waals surface area (Å²) in [4.78, 5) is 11.8. The largest absolute Gasteiger partial charge is 0.384 e. The average molecular weight is 335 g/mol. The van der Waals surface area contributed by atoms with Crippen LogP contribution in [0.1, 0.15) is 22.8 Å². The van der Waals surface area contributed by atoms with Crippen LogP contribution in [0.5, 0.6) is 0 Å². The van der Waals surface area contributed by atoms with Crippen LogP contribution in [-0.4, -0.2) is 34.6 Å². The van der Waals surface area contributed by atoms with E-state index >= 15 is 0 Å². The molecule has 0 bridgehead atoms. The van der Waals surface area contributed by atoms with E-state index in [1.165, 1.54) is 12.1 Å². The lowest BCUT2D eigenvalue weighted by molar-refractivity contribution is 0.0934. The van der Waals surface area contributed by atoms with Gasteiger partial charge in [-0.2, -0.15) is 0 Å². The van der Waals surface area contributed by atoms with Gasteiger partial charge in [-0.1, -0.05) is 18.5 Å². The number of ether oxygens (including phenoxy) is 1. The first-order chi connectivity index (χ1) is 9.66. The van der Waals surface area contributed by atoms with E-state index in [0.717, 1.165) is 0 Å². The van der Waals surface area contributed by atoms with Crippen molar-refractivity contribution in [3.63, 3.8) is 0 Å². The van der Waals surface area contributed by atoms with Crippen molar-refractivity contribution in [2.24, 2.45) is 11.1 Å². The van der Waals surface area contributed by atoms with Gasteiger partial charge in [-0.25, -0.2) is 13.6 Å². The number of nitrogens with two attached hydrogens (primary N) is 1. The van der Waals surface area contributed by atoms with Crippen LogP contribution in [-0.2, 0) is 14.8 Å². The summed E-state index contributed by atoms with van der Waals surface area (Å²) in [6.07, 6.45) is 0. The molecule has 118 valence electrons. The number of halogens is 1. The summed E-state index contributed by atoms with van der Waals surface area (Å²) in [6, 6.07) is 2.70. The van der Waals surface area contributed by atoms with Crippen LogP contribution < -0.4 is 10.5 Å². The van der Waals surface area contributed by atoms with Crippen LogP contribution in [0.2, 0.25) is 5.02 Å². The molecule has 0 aliphatic carbocycles. The van der Waals surface area contributed by atoms with E-state index in [1.54, 1.807) is 14.0 Å². The van der Waals surface area contributed by atoms with E-state index in [-0.39, 0.29) is 27.3 Å². The fraction of sp³-hybridized carbons (Fsp3) is 0.462. The Labute approximate surface area is 129 Å². The second-order valence-corrected chi connectivity index (χ2v) is 6.83. The first kappa shape index (κ1) is 17.9. The van der Waals surface area contributed by atoms with Gasteiger partial charge in [0.15, 0.2) is 0 Å². The Morgan fingerprint density at radius 2 is 2.10 bits per heavy atom. The van der Waals surface area contributed by atoms with Crippen molar-refractivity contribution in [1.82, 2.24) is 5.32 Å². The summed E-state index contributed by atoms with van der Waals surface area (Å²) in [7, 11) is -2.40. The molecule has 1 rings (SSSR count). The highest BCUT2D eigenvalue weighted by Gasteiger charge is 2.19. The number of sulfonamides is 1. The molecule has 1 amide bonds. The average Bonchev–Trinajstić information content (AvgIpc) is 2.38. The fourth-order valence-electron chi connectivity index (χ4n) is 1.79. The third-order valence-corrected chi connectivity index (χ3v) is 4.40. The fourth-order valence-corrected chi connectivity index (χ4v) is 2.92. The van der Waals surface area contributed by atoms with Crippen LogP contribution in [0.15, 0.2) is 17.0 Å². The molecule has 0 saturated heterocycles. The SMILES string of the molecule is COCC(C)CNC(=O)c1cc(C)c(Cl)c(S(N)(=O)=O)c1. The van der Waals surface area contributed by atoms with Gasteiger partial charge < -0.3 is 10.1 Å². The third-order valence-electron chi connectivity index (χ3n) is 2.85. The normalized spacial score (nSPS) is 13.0. The van der Waals surface area contributed by atoms with Gasteiger partial charge in [0.1, 0.15) is 4.90 Å². The monoisotopic (exact) mass is 334 g/mol. The lowest BCUT2D eigenvalue weighted by Crippen LogP contribution is -2.30. The van der Waals surface area contributed by atoms with Gasteiger partial charge >= 0.3 is 0 Å². The molecule has 0 aliphatic heterocycles. The zero-order valence-electron chi connectivity index (χ0n) is 12.1. The first-order valence-corrected chi connectivity index (χ1v) is 8.19. The number of carbonyl (C=O) groups is 1. The molecule has 0 radical (unpaired) electrons. The van der Waals surface area contributed by atoms with Gasteiger partial charge in [-0.3, -0.25) is 4.79 Å². The zero-order valence-corrected chi connectivity index (χ0v) is 13.7. The molecular weight excluding hydrogens is 316 g/mol. The Hall–Kier alpha value is -1.15. The van der Waals surface area contributed by atoms with Gasteiger partial charge in [0, 0.05) is 19.2 Å². The van der Waals surface area contributed by atoms with Crippen molar-refractivity contribution in [3.8, 4) is 0 Å². The number of amides is 1. The molecule has 1 unspecified atom stereocenters. The van der Waals surface area contributed by atoms with Gasteiger partial charge in [-0.15, -0.1) is 0 Å². The summed E-state index contributed by atoms with van der Waals surface area (Å²) in [5.74, 6) is -0.243. The smallest absolute Gasteiger partial charge is 0.251 e. The van der Waals surface area contributed by atoms with Crippen LogP contribution in [0.25, 0.3) is 0 Å². The van der Waals surface area contributed by atoms with Crippen molar-refractivity contribution < 1.29 is 17.9 Å². The number of carbonyl (C=O) groups excluding carboxylic acids is 1. The summed E-state index contributed by atoms with van der Waals surface area (Å²) >= 11 is 5.92. The topological polar surface area (TPSA) is 98.5 Å². The van der Waals surface area contributed by atoms with Crippen molar-refractivity contribution in [3.05, 3.63) is 28.3 Å². The molecule has 0 saturated carbocycles. The van der Waals surface area contributed by atoms with Crippen LogP contribution in [0, 0.1) is 12.8 Å². The highest BCUT2D eigenvalue weighted by Crippen LogP contribution is 2.25. The predicted molar refractivity (Wildman–Crippen MR) is 80.9 cm³/mol. The van der Waals surface area contributed by atoms with Gasteiger partial charge in [-0.05, 0) is 30.5 Å². The summed E-state index contributed by atoms with van der Waals surface area (Å²) in [5, 5.41) is 7.84. The van der Waals surface area contributed by atoms with Gasteiger partial charge in [0.05, 0.1) is 11.6 Å². The van der Waals surface area contributed by atoms with Gasteiger partial charge in [0.2, 0.25) is 10.0 Å². The maximum Gasteiger partial charge on any atom is 0.251 e. The Morgan fingerprint density at radius 3 is 2.62 bits per heavy atom. The molecular formula is C13H19ClN2O4S. The Kier molecular flexibility index (Phi) is 6.15. The summed E-state index contributed by atoms with van der Waals surface area (Å²) in [5.41, 5.74) is 0.670. The molecule has 0 spiro atoms. The maximum atomic E-state index is 12.1. The van der Waals surface area contributed by atoms with Crippen molar-refractivity contribution in [2.45, 2.75) is 18.7 Å². The molecule has 8 heteroatoms. The van der Waals surface area contributed by atoms with Crippen molar-refractivity contribution in [1.29, 1.82) is 0 Å². The van der Waals surface area contributed by atoms with E-state index in [0.29, 0.717) is 18.7 Å². The van der Waals surface area contributed by atoms with Crippen molar-refractivity contribution >= 4 is 27.5 Å². The highest BCUT2D eigenvalue weighted by molar-refractivity contribution is 7.89. The number of nitrogens with one attached hydrogen (secondary N) is 1. The summed E-state index contributed by atoms with van der Waals surface area (Å²) in [6.45, 7) is 4.47. The van der Waals surface area contributed by atoms with Crippen molar-refractivity contribution in [2.75, 3.05) is 20.3 Å².